The Morgan fingerprint density at radius 1 is 0.902 bits per heavy atom. The zero-order chi connectivity index (χ0) is 43.5. The first-order valence-corrected chi connectivity index (χ1v) is 21.5. The van der Waals surface area contributed by atoms with Gasteiger partial charge >= 0.3 is 5.69 Å². The van der Waals surface area contributed by atoms with Crippen LogP contribution in [0.15, 0.2) is 120 Å². The second kappa shape index (κ2) is 20.9. The summed E-state index contributed by atoms with van der Waals surface area (Å²) in [5.74, 6) is 1.17. The van der Waals surface area contributed by atoms with Gasteiger partial charge in [-0.1, -0.05) is 72.8 Å². The van der Waals surface area contributed by atoms with Crippen molar-refractivity contribution in [3.05, 3.63) is 154 Å². The smallest absolute Gasteiger partial charge is 0.351 e. The summed E-state index contributed by atoms with van der Waals surface area (Å²) >= 11 is 0. The number of anilines is 1. The zero-order valence-electron chi connectivity index (χ0n) is 35.7. The molecule has 0 bridgehead atoms. The molecule has 1 aromatic heterocycles. The third kappa shape index (κ3) is 10.5. The van der Waals surface area contributed by atoms with Crippen LogP contribution in [0, 0.1) is 18.3 Å². The van der Waals surface area contributed by atoms with Gasteiger partial charge in [-0.05, 0) is 87.7 Å². The molecule has 0 saturated carbocycles. The highest BCUT2D eigenvalue weighted by Gasteiger charge is 2.45. The minimum Gasteiger partial charge on any atom is -0.497 e. The van der Waals surface area contributed by atoms with E-state index in [-0.39, 0.29) is 49.9 Å². The molecule has 1 saturated heterocycles. The number of nitriles is 1. The van der Waals surface area contributed by atoms with E-state index in [1.807, 2.05) is 84.9 Å². The topological polar surface area (TPSA) is 146 Å². The van der Waals surface area contributed by atoms with Gasteiger partial charge in [-0.2, -0.15) is 10.2 Å². The lowest BCUT2D eigenvalue weighted by molar-refractivity contribution is -0.0925. The Morgan fingerprint density at radius 2 is 1.46 bits per heavy atom. The summed E-state index contributed by atoms with van der Waals surface area (Å²) < 4.78 is 42.1. The fourth-order valence-electron chi connectivity index (χ4n) is 7.49. The van der Waals surface area contributed by atoms with Crippen molar-refractivity contribution in [2.45, 2.75) is 83.6 Å². The number of ether oxygens (including phenoxy) is 4. The van der Waals surface area contributed by atoms with Crippen LogP contribution in [0.5, 0.6) is 11.5 Å². The first-order valence-electron chi connectivity index (χ1n) is 20.3. The zero-order valence-corrected chi connectivity index (χ0v) is 36.6. The summed E-state index contributed by atoms with van der Waals surface area (Å²) in [6, 6.07) is 36.5. The number of benzene rings is 4. The molecule has 1 amide bonds. The lowest BCUT2D eigenvalue weighted by atomic mass is 9.80. The van der Waals surface area contributed by atoms with Gasteiger partial charge in [-0.15, -0.1) is 0 Å². The van der Waals surface area contributed by atoms with Crippen LogP contribution in [0.25, 0.3) is 0 Å². The number of nitrogens with one attached hydrogen (secondary N) is 1. The highest BCUT2D eigenvalue weighted by atomic mass is 31.2. The molecular weight excluding hydrogens is 794 g/mol. The predicted octanol–water partition coefficient (Wildman–Crippen LogP) is 8.78. The third-order valence-corrected chi connectivity index (χ3v) is 12.6. The van der Waals surface area contributed by atoms with Crippen molar-refractivity contribution in [2.75, 3.05) is 32.8 Å². The summed E-state index contributed by atoms with van der Waals surface area (Å²) in [7, 11) is 1.55. The van der Waals surface area contributed by atoms with Gasteiger partial charge in [0.05, 0.1) is 46.0 Å². The van der Waals surface area contributed by atoms with E-state index >= 15 is 0 Å². The van der Waals surface area contributed by atoms with E-state index in [0.717, 1.165) is 16.7 Å². The van der Waals surface area contributed by atoms with Crippen molar-refractivity contribution >= 4 is 20.3 Å². The Labute approximate surface area is 359 Å². The molecule has 2 heterocycles. The molecule has 4 atom stereocenters. The normalized spacial score (nSPS) is 17.0. The third-order valence-electron chi connectivity index (χ3n) is 10.4. The first kappa shape index (κ1) is 45.1. The Hall–Kier alpha value is -5.45. The summed E-state index contributed by atoms with van der Waals surface area (Å²) in [4.78, 5) is 31.2. The quantitative estimate of drug-likeness (QED) is 0.0484. The average molecular weight is 848 g/mol. The van der Waals surface area contributed by atoms with Crippen LogP contribution in [0.2, 0.25) is 0 Å². The summed E-state index contributed by atoms with van der Waals surface area (Å²) in [5, 5.41) is 12.2. The van der Waals surface area contributed by atoms with Gasteiger partial charge in [-0.25, -0.2) is 9.46 Å². The maximum atomic E-state index is 13.8. The lowest BCUT2D eigenvalue weighted by Gasteiger charge is -2.39. The van der Waals surface area contributed by atoms with Crippen molar-refractivity contribution in [1.29, 1.82) is 5.26 Å². The number of carbonyl (C=O) groups excluding carboxylic acids is 1. The Morgan fingerprint density at radius 3 is 2.00 bits per heavy atom. The van der Waals surface area contributed by atoms with E-state index in [1.165, 1.54) is 4.57 Å². The molecule has 61 heavy (non-hydrogen) atoms. The minimum atomic E-state index is -1.70. The predicted molar refractivity (Wildman–Crippen MR) is 235 cm³/mol. The van der Waals surface area contributed by atoms with E-state index in [1.54, 1.807) is 51.6 Å². The van der Waals surface area contributed by atoms with Gasteiger partial charge in [0.2, 0.25) is 0 Å². The maximum absolute atomic E-state index is 13.8. The van der Waals surface area contributed by atoms with Crippen LogP contribution >= 0.6 is 8.53 Å². The first-order chi connectivity index (χ1) is 29.5. The molecule has 0 spiro atoms. The van der Waals surface area contributed by atoms with Crippen LogP contribution in [0.1, 0.15) is 79.4 Å². The lowest BCUT2D eigenvalue weighted by Crippen LogP contribution is -2.39. The van der Waals surface area contributed by atoms with Gasteiger partial charge in [0.15, 0.2) is 0 Å². The number of carbonyl (C=O) groups is 1. The molecule has 1 aliphatic rings. The van der Waals surface area contributed by atoms with Crippen LogP contribution in [0.3, 0.4) is 0 Å². The van der Waals surface area contributed by atoms with E-state index in [2.05, 4.69) is 48.7 Å². The van der Waals surface area contributed by atoms with Crippen molar-refractivity contribution in [1.82, 2.24) is 14.2 Å². The molecule has 1 fully saturated rings. The van der Waals surface area contributed by atoms with Crippen LogP contribution in [-0.4, -0.2) is 71.9 Å². The molecule has 5 aromatic rings. The highest BCUT2D eigenvalue weighted by molar-refractivity contribution is 7.44. The Balaban J connectivity index is 1.41. The Kier molecular flexibility index (Phi) is 15.4. The van der Waals surface area contributed by atoms with Crippen molar-refractivity contribution in [2.24, 2.45) is 0 Å². The molecule has 6 rings (SSSR count). The average Bonchev–Trinajstić information content (AvgIpc) is 3.67. The van der Waals surface area contributed by atoms with Crippen molar-refractivity contribution in [3.8, 4) is 17.6 Å². The molecule has 1 unspecified atom stereocenters. The molecular formula is C47H54N5O8P. The van der Waals surface area contributed by atoms with E-state index in [0.29, 0.717) is 22.6 Å². The van der Waals surface area contributed by atoms with Gasteiger partial charge in [0.1, 0.15) is 35.2 Å². The molecule has 4 aromatic carbocycles. The maximum Gasteiger partial charge on any atom is 0.351 e. The highest BCUT2D eigenvalue weighted by Crippen LogP contribution is 2.50. The summed E-state index contributed by atoms with van der Waals surface area (Å²) in [6.07, 6.45) is -0.0854. The monoisotopic (exact) mass is 847 g/mol. The van der Waals surface area contributed by atoms with Gasteiger partial charge in [0, 0.05) is 35.8 Å². The molecule has 1 N–H and O–H groups in total. The number of amides is 1. The van der Waals surface area contributed by atoms with E-state index in [9.17, 15) is 14.9 Å². The minimum absolute atomic E-state index is 0.0191. The number of hydrogen-bond donors (Lipinski definition) is 1. The number of methoxy groups -OCH3 is 2. The van der Waals surface area contributed by atoms with Crippen molar-refractivity contribution in [3.63, 3.8) is 0 Å². The molecule has 1 aliphatic heterocycles. The number of aryl methyl sites for hydroxylation is 1. The Bertz CT molecular complexity index is 2230. The summed E-state index contributed by atoms with van der Waals surface area (Å²) in [5.41, 5.74) is 1.80. The van der Waals surface area contributed by atoms with Gasteiger partial charge in [0.25, 0.3) is 14.4 Å². The fraction of sp³-hybridized carbons (Fsp3) is 0.362. The largest absolute Gasteiger partial charge is 0.497 e. The van der Waals surface area contributed by atoms with Crippen LogP contribution < -0.4 is 20.5 Å². The number of hydrogen-bond acceptors (Lipinski definition) is 11. The summed E-state index contributed by atoms with van der Waals surface area (Å²) in [6.45, 7) is 10.3. The van der Waals surface area contributed by atoms with Crippen LogP contribution in [0.4, 0.5) is 5.82 Å². The molecule has 13 nitrogen and oxygen atoms in total. The molecule has 320 valence electrons. The number of aromatic nitrogens is 2. The van der Waals surface area contributed by atoms with E-state index < -0.39 is 38.3 Å². The standard InChI is InChI=1S/C47H54N5O8P/c1-32(2)52(33(3)4)61(58-28-14-27-48)60-41-29-43(51-30-34(5)44(50-46(51)54)49-45(53)35-15-10-8-11-16-35)59-42(41)31-57-47(36-17-12-9-13-18-36,37-19-23-39(55-6)24-20-37)38-21-25-40(56-7)26-22-38/h8-13,15-26,30,32-33,41-43H,14,28-29,31H2,1-7H3,(H,49,50,53,54)/t41-,42+,43+,61?/m1/s1. The second-order valence-corrected chi connectivity index (χ2v) is 16.6. The second-order valence-electron chi connectivity index (χ2n) is 15.2. The number of rotatable bonds is 19. The van der Waals surface area contributed by atoms with Crippen LogP contribution in [-0.2, 0) is 24.1 Å². The van der Waals surface area contributed by atoms with Gasteiger partial charge in [-0.3, -0.25) is 9.36 Å². The van der Waals surface area contributed by atoms with Gasteiger partial charge < -0.3 is 33.3 Å². The molecule has 0 aliphatic carbocycles. The van der Waals surface area contributed by atoms with Crippen molar-refractivity contribution < 1.29 is 32.8 Å². The van der Waals surface area contributed by atoms with E-state index in [4.69, 9.17) is 28.0 Å². The SMILES string of the molecule is COc1ccc(C(OC[C@@H]2O[C@H](n3cc(C)c(NC(=O)c4ccccc4)nc3=O)C[C@H]2OP(OCCC#N)N(C(C)C)C(C)C)(c2ccccc2)c2ccc(OC)cc2)cc1. The molecule has 0 radical (unpaired) electrons. The number of nitrogens with zero attached hydrogens (tertiary/aromatic N) is 4. The fourth-order valence-corrected chi connectivity index (χ4v) is 9.25. The molecule has 14 heteroatoms.